The molecule has 0 radical (unpaired) electrons. The smallest absolute Gasteiger partial charge is 0.154 e. The Balaban J connectivity index is 2.30. The molecule has 0 aliphatic carbocycles. The van der Waals surface area contributed by atoms with E-state index in [9.17, 15) is 0 Å². The molecule has 4 nitrogen and oxygen atoms in total. The highest BCUT2D eigenvalue weighted by Gasteiger charge is 2.04. The van der Waals surface area contributed by atoms with Crippen molar-refractivity contribution in [2.24, 2.45) is 21.7 Å². The van der Waals surface area contributed by atoms with E-state index in [0.717, 1.165) is 11.1 Å². The molecule has 2 rings (SSSR count). The van der Waals surface area contributed by atoms with E-state index >= 15 is 0 Å². The Morgan fingerprint density at radius 3 is 1.95 bits per heavy atom. The fraction of sp³-hybridized carbons (Fsp3) is 0.0667. The van der Waals surface area contributed by atoms with Gasteiger partial charge in [0.25, 0.3) is 0 Å². The van der Waals surface area contributed by atoms with Crippen LogP contribution < -0.4 is 11.5 Å². The molecule has 0 aromatic heterocycles. The van der Waals surface area contributed by atoms with Crippen molar-refractivity contribution < 1.29 is 0 Å². The van der Waals surface area contributed by atoms with Crippen LogP contribution in [0.4, 0.5) is 0 Å². The minimum absolute atomic E-state index is 0.229. The number of aryl methyl sites for hydroxylation is 1. The number of rotatable bonds is 3. The van der Waals surface area contributed by atoms with E-state index < -0.39 is 0 Å². The van der Waals surface area contributed by atoms with Crippen LogP contribution in [0.25, 0.3) is 0 Å². The maximum Gasteiger partial charge on any atom is 0.154 e. The standard InChI is InChI=1S/C15H15ClN4/c1-10-6-2-3-7-11(10)14(17)19-20-15(18)12-8-4-5-9-13(12)16/h2-9H,1H3,(H2,17,19)(H2,18,20). The van der Waals surface area contributed by atoms with Gasteiger partial charge in [-0.05, 0) is 24.6 Å². The second-order valence-corrected chi connectivity index (χ2v) is 4.67. The van der Waals surface area contributed by atoms with E-state index in [1.165, 1.54) is 0 Å². The number of amidine groups is 2. The minimum atomic E-state index is 0.229. The molecule has 5 heteroatoms. The van der Waals surface area contributed by atoms with Gasteiger partial charge in [0.1, 0.15) is 0 Å². The molecule has 102 valence electrons. The Morgan fingerprint density at radius 1 is 0.850 bits per heavy atom. The Bertz CT molecular complexity index is 618. The summed E-state index contributed by atoms with van der Waals surface area (Å²) in [7, 11) is 0. The quantitative estimate of drug-likeness (QED) is 0.517. The second-order valence-electron chi connectivity index (χ2n) is 4.27. The molecule has 4 N–H and O–H groups in total. The maximum absolute atomic E-state index is 6.04. The highest BCUT2D eigenvalue weighted by Crippen LogP contribution is 2.14. The summed E-state index contributed by atoms with van der Waals surface area (Å²) in [4.78, 5) is 0. The van der Waals surface area contributed by atoms with Gasteiger partial charge in [-0.3, -0.25) is 0 Å². The number of benzene rings is 2. The van der Waals surface area contributed by atoms with Crippen molar-refractivity contribution in [2.75, 3.05) is 0 Å². The first-order valence-corrected chi connectivity index (χ1v) is 6.45. The molecule has 0 spiro atoms. The van der Waals surface area contributed by atoms with Gasteiger partial charge in [-0.1, -0.05) is 48.0 Å². The molecule has 0 amide bonds. The molecule has 0 fully saturated rings. The van der Waals surface area contributed by atoms with Crippen LogP contribution in [-0.2, 0) is 0 Å². The van der Waals surface area contributed by atoms with Gasteiger partial charge in [0.15, 0.2) is 11.7 Å². The first kappa shape index (κ1) is 14.1. The molecule has 0 aliphatic heterocycles. The summed E-state index contributed by atoms with van der Waals surface area (Å²) in [6, 6.07) is 14.9. The van der Waals surface area contributed by atoms with Gasteiger partial charge in [0.2, 0.25) is 0 Å². The van der Waals surface area contributed by atoms with E-state index in [1.54, 1.807) is 12.1 Å². The van der Waals surface area contributed by atoms with Crippen LogP contribution in [0.3, 0.4) is 0 Å². The summed E-state index contributed by atoms with van der Waals surface area (Å²) >= 11 is 6.04. The number of nitrogens with zero attached hydrogens (tertiary/aromatic N) is 2. The summed E-state index contributed by atoms with van der Waals surface area (Å²) in [5, 5.41) is 8.44. The lowest BCUT2D eigenvalue weighted by atomic mass is 10.1. The summed E-state index contributed by atoms with van der Waals surface area (Å²) in [5.74, 6) is 0.547. The lowest BCUT2D eigenvalue weighted by molar-refractivity contribution is 1.20. The molecule has 2 aromatic rings. The Kier molecular flexibility index (Phi) is 4.38. The molecule has 20 heavy (non-hydrogen) atoms. The molecule has 0 aliphatic rings. The zero-order chi connectivity index (χ0) is 14.5. The van der Waals surface area contributed by atoms with Crippen molar-refractivity contribution in [2.45, 2.75) is 6.92 Å². The number of hydrogen-bond donors (Lipinski definition) is 2. The van der Waals surface area contributed by atoms with Crippen molar-refractivity contribution in [3.63, 3.8) is 0 Å². The molecule has 0 saturated carbocycles. The average Bonchev–Trinajstić information content (AvgIpc) is 2.45. The van der Waals surface area contributed by atoms with Gasteiger partial charge in [-0.15, -0.1) is 10.2 Å². The largest absolute Gasteiger partial charge is 0.382 e. The van der Waals surface area contributed by atoms with Crippen molar-refractivity contribution in [1.29, 1.82) is 0 Å². The van der Waals surface area contributed by atoms with Crippen molar-refractivity contribution >= 4 is 23.3 Å². The van der Waals surface area contributed by atoms with E-state index in [4.69, 9.17) is 23.1 Å². The van der Waals surface area contributed by atoms with Crippen LogP contribution in [0.2, 0.25) is 5.02 Å². The average molecular weight is 287 g/mol. The molecule has 0 saturated heterocycles. The van der Waals surface area contributed by atoms with Gasteiger partial charge in [0.05, 0.1) is 5.02 Å². The highest BCUT2D eigenvalue weighted by atomic mass is 35.5. The van der Waals surface area contributed by atoms with Crippen LogP contribution in [0.15, 0.2) is 58.7 Å². The molecule has 0 atom stereocenters. The van der Waals surface area contributed by atoms with Crippen molar-refractivity contribution in [3.05, 3.63) is 70.2 Å². The van der Waals surface area contributed by atoms with Crippen LogP contribution in [-0.4, -0.2) is 11.7 Å². The van der Waals surface area contributed by atoms with Gasteiger partial charge >= 0.3 is 0 Å². The van der Waals surface area contributed by atoms with Crippen LogP contribution >= 0.6 is 11.6 Å². The molecular formula is C15H15ClN4. The molecule has 0 unspecified atom stereocenters. The topological polar surface area (TPSA) is 76.8 Å². The van der Waals surface area contributed by atoms with E-state index in [2.05, 4.69) is 10.2 Å². The summed E-state index contributed by atoms with van der Waals surface area (Å²) in [6.07, 6.45) is 0. The monoisotopic (exact) mass is 286 g/mol. The fourth-order valence-corrected chi connectivity index (χ4v) is 1.98. The first-order valence-electron chi connectivity index (χ1n) is 6.07. The molecular weight excluding hydrogens is 272 g/mol. The predicted octanol–water partition coefficient (Wildman–Crippen LogP) is 2.67. The van der Waals surface area contributed by atoms with Crippen molar-refractivity contribution in [3.8, 4) is 0 Å². The Hall–Kier alpha value is -2.33. The SMILES string of the molecule is Cc1ccccc1/C(N)=N/N=C(\N)c1ccccc1Cl. The van der Waals surface area contributed by atoms with Crippen LogP contribution in [0.1, 0.15) is 16.7 Å². The summed E-state index contributed by atoms with van der Waals surface area (Å²) in [5.41, 5.74) is 14.3. The molecule has 0 heterocycles. The van der Waals surface area contributed by atoms with E-state index in [1.807, 2.05) is 43.3 Å². The van der Waals surface area contributed by atoms with Gasteiger partial charge in [-0.25, -0.2) is 0 Å². The Labute approximate surface area is 122 Å². The summed E-state index contributed by atoms with van der Waals surface area (Å²) in [6.45, 7) is 1.96. The first-order chi connectivity index (χ1) is 9.59. The van der Waals surface area contributed by atoms with Gasteiger partial charge in [0, 0.05) is 11.1 Å². The van der Waals surface area contributed by atoms with E-state index in [0.29, 0.717) is 16.4 Å². The van der Waals surface area contributed by atoms with Crippen LogP contribution in [0, 0.1) is 6.92 Å². The second kappa shape index (κ2) is 6.21. The number of halogens is 1. The normalized spacial score (nSPS) is 12.5. The highest BCUT2D eigenvalue weighted by molar-refractivity contribution is 6.34. The van der Waals surface area contributed by atoms with E-state index in [-0.39, 0.29) is 5.84 Å². The van der Waals surface area contributed by atoms with Crippen molar-refractivity contribution in [1.82, 2.24) is 0 Å². The lowest BCUT2D eigenvalue weighted by Crippen LogP contribution is -2.17. The lowest BCUT2D eigenvalue weighted by Gasteiger charge is -2.04. The molecule has 0 bridgehead atoms. The Morgan fingerprint density at radius 2 is 1.35 bits per heavy atom. The number of hydrogen-bond acceptors (Lipinski definition) is 2. The maximum atomic E-state index is 6.04. The third-order valence-electron chi connectivity index (χ3n) is 2.84. The van der Waals surface area contributed by atoms with Crippen LogP contribution in [0.5, 0.6) is 0 Å². The fourth-order valence-electron chi connectivity index (χ4n) is 1.74. The zero-order valence-corrected chi connectivity index (χ0v) is 11.8. The zero-order valence-electron chi connectivity index (χ0n) is 11.0. The third kappa shape index (κ3) is 3.16. The minimum Gasteiger partial charge on any atom is -0.382 e. The molecule has 2 aromatic carbocycles. The van der Waals surface area contributed by atoms with Gasteiger partial charge < -0.3 is 11.5 Å². The summed E-state index contributed by atoms with van der Waals surface area (Å²) < 4.78 is 0. The predicted molar refractivity (Wildman–Crippen MR) is 84.1 cm³/mol. The van der Waals surface area contributed by atoms with Gasteiger partial charge in [-0.2, -0.15) is 0 Å². The number of nitrogens with two attached hydrogens (primary N) is 2. The third-order valence-corrected chi connectivity index (χ3v) is 3.17.